The van der Waals surface area contributed by atoms with Gasteiger partial charge in [0.2, 0.25) is 0 Å². The fourth-order valence-electron chi connectivity index (χ4n) is 2.08. The lowest BCUT2D eigenvalue weighted by Crippen LogP contribution is -2.25. The number of hydrogen-bond acceptors (Lipinski definition) is 5. The summed E-state index contributed by atoms with van der Waals surface area (Å²) in [7, 11) is 0. The van der Waals surface area contributed by atoms with Crippen LogP contribution in [0.15, 0.2) is 15.1 Å². The second kappa shape index (κ2) is 6.56. The second-order valence-corrected chi connectivity index (χ2v) is 5.43. The van der Waals surface area contributed by atoms with Crippen LogP contribution in [0, 0.1) is 13.8 Å². The third kappa shape index (κ3) is 3.71. The first-order valence-corrected chi connectivity index (χ1v) is 7.15. The molecule has 2 heterocycles. The summed E-state index contributed by atoms with van der Waals surface area (Å²) in [5.74, 6) is 1.58. The molecule has 0 aliphatic carbocycles. The molecule has 1 N–H and O–H groups in total. The molecule has 0 aliphatic heterocycles. The van der Waals surface area contributed by atoms with Crippen LogP contribution in [0.5, 0.6) is 0 Å². The van der Waals surface area contributed by atoms with Gasteiger partial charge in [-0.15, -0.1) is 0 Å². The lowest BCUT2D eigenvalue weighted by atomic mass is 10.1. The summed E-state index contributed by atoms with van der Waals surface area (Å²) in [5.41, 5.74) is 2.36. The van der Waals surface area contributed by atoms with Gasteiger partial charge in [-0.3, -0.25) is 4.79 Å². The maximum Gasteiger partial charge on any atom is 0.273 e. The molecule has 0 saturated heterocycles. The van der Waals surface area contributed by atoms with E-state index in [1.54, 1.807) is 6.07 Å². The highest BCUT2D eigenvalue weighted by Gasteiger charge is 2.14. The van der Waals surface area contributed by atoms with E-state index in [0.29, 0.717) is 12.2 Å². The van der Waals surface area contributed by atoms with E-state index < -0.39 is 0 Å². The molecular weight excluding hydrogens is 270 g/mol. The number of hydrogen-bond donors (Lipinski definition) is 1. The zero-order valence-electron chi connectivity index (χ0n) is 12.9. The Morgan fingerprint density at radius 1 is 1.29 bits per heavy atom. The number of amides is 1. The molecule has 0 aromatic carbocycles. The minimum atomic E-state index is -0.204. The second-order valence-electron chi connectivity index (χ2n) is 5.43. The van der Waals surface area contributed by atoms with E-state index in [0.717, 1.165) is 35.6 Å². The maximum atomic E-state index is 11.9. The van der Waals surface area contributed by atoms with Gasteiger partial charge in [0.15, 0.2) is 5.69 Å². The van der Waals surface area contributed by atoms with E-state index in [2.05, 4.69) is 15.6 Å². The average molecular weight is 291 g/mol. The predicted octanol–water partition coefficient (Wildman–Crippen LogP) is 2.77. The van der Waals surface area contributed by atoms with Crippen molar-refractivity contribution in [2.24, 2.45) is 0 Å². The molecule has 0 spiro atoms. The van der Waals surface area contributed by atoms with Crippen molar-refractivity contribution < 1.29 is 13.8 Å². The standard InChI is InChI=1S/C15H21N3O3/c1-9(2)14-8-13(18-21-14)15(19)16-7-5-6-12-10(3)17-20-11(12)4/h8-9H,5-7H2,1-4H3,(H,16,19). The Balaban J connectivity index is 1.79. The Kier molecular flexibility index (Phi) is 4.77. The number of carbonyl (C=O) groups is 1. The maximum absolute atomic E-state index is 11.9. The Morgan fingerprint density at radius 2 is 2.05 bits per heavy atom. The van der Waals surface area contributed by atoms with Crippen molar-refractivity contribution in [1.29, 1.82) is 0 Å². The zero-order chi connectivity index (χ0) is 15.4. The number of aryl methyl sites for hydroxylation is 2. The first kappa shape index (κ1) is 15.3. The van der Waals surface area contributed by atoms with E-state index in [-0.39, 0.29) is 11.8 Å². The van der Waals surface area contributed by atoms with Crippen LogP contribution in [0.2, 0.25) is 0 Å². The van der Waals surface area contributed by atoms with Crippen LogP contribution < -0.4 is 5.32 Å². The van der Waals surface area contributed by atoms with Crippen LogP contribution in [0.25, 0.3) is 0 Å². The van der Waals surface area contributed by atoms with E-state index in [4.69, 9.17) is 9.05 Å². The van der Waals surface area contributed by atoms with Crippen molar-refractivity contribution in [3.8, 4) is 0 Å². The van der Waals surface area contributed by atoms with Crippen LogP contribution >= 0.6 is 0 Å². The zero-order valence-corrected chi connectivity index (χ0v) is 12.9. The molecule has 0 bridgehead atoms. The molecule has 0 aliphatic rings. The van der Waals surface area contributed by atoms with Gasteiger partial charge in [-0.1, -0.05) is 24.2 Å². The van der Waals surface area contributed by atoms with Crippen molar-refractivity contribution in [3.63, 3.8) is 0 Å². The molecule has 6 heteroatoms. The molecule has 0 fully saturated rings. The molecule has 114 valence electrons. The van der Waals surface area contributed by atoms with Crippen molar-refractivity contribution in [1.82, 2.24) is 15.6 Å². The van der Waals surface area contributed by atoms with Crippen LogP contribution in [-0.2, 0) is 6.42 Å². The number of nitrogens with one attached hydrogen (secondary N) is 1. The van der Waals surface area contributed by atoms with Crippen molar-refractivity contribution in [2.45, 2.75) is 46.5 Å². The Labute approximate surface area is 123 Å². The lowest BCUT2D eigenvalue weighted by Gasteiger charge is -2.02. The molecule has 2 aromatic rings. The summed E-state index contributed by atoms with van der Waals surface area (Å²) in [6, 6.07) is 1.69. The number of nitrogens with zero attached hydrogens (tertiary/aromatic N) is 2. The summed E-state index contributed by atoms with van der Waals surface area (Å²) in [6.45, 7) is 8.38. The van der Waals surface area contributed by atoms with Crippen molar-refractivity contribution in [3.05, 3.63) is 34.5 Å². The topological polar surface area (TPSA) is 81.2 Å². The smallest absolute Gasteiger partial charge is 0.273 e. The van der Waals surface area contributed by atoms with Gasteiger partial charge in [0.05, 0.1) is 5.69 Å². The third-order valence-electron chi connectivity index (χ3n) is 3.40. The molecule has 0 atom stereocenters. The quantitative estimate of drug-likeness (QED) is 0.828. The van der Waals surface area contributed by atoms with E-state index >= 15 is 0 Å². The molecule has 2 aromatic heterocycles. The largest absolute Gasteiger partial charge is 0.361 e. The summed E-state index contributed by atoms with van der Waals surface area (Å²) >= 11 is 0. The lowest BCUT2D eigenvalue weighted by molar-refractivity contribution is 0.0944. The average Bonchev–Trinajstić information content (AvgIpc) is 3.04. The molecule has 2 rings (SSSR count). The highest BCUT2D eigenvalue weighted by atomic mass is 16.5. The van der Waals surface area contributed by atoms with Gasteiger partial charge in [0.1, 0.15) is 11.5 Å². The van der Waals surface area contributed by atoms with Crippen molar-refractivity contribution in [2.75, 3.05) is 6.54 Å². The monoisotopic (exact) mass is 291 g/mol. The van der Waals surface area contributed by atoms with Crippen LogP contribution in [0.4, 0.5) is 0 Å². The molecular formula is C15H21N3O3. The summed E-state index contributed by atoms with van der Waals surface area (Å²) in [5, 5.41) is 10.5. The van der Waals surface area contributed by atoms with Gasteiger partial charge in [-0.25, -0.2) is 0 Å². The number of carbonyl (C=O) groups excluding carboxylic acids is 1. The van der Waals surface area contributed by atoms with Gasteiger partial charge in [-0.2, -0.15) is 0 Å². The predicted molar refractivity (Wildman–Crippen MR) is 77.2 cm³/mol. The van der Waals surface area contributed by atoms with Crippen molar-refractivity contribution >= 4 is 5.91 Å². The first-order valence-electron chi connectivity index (χ1n) is 7.15. The van der Waals surface area contributed by atoms with E-state index in [1.165, 1.54) is 0 Å². The van der Waals surface area contributed by atoms with Gasteiger partial charge in [0.25, 0.3) is 5.91 Å². The fourth-order valence-corrected chi connectivity index (χ4v) is 2.08. The molecule has 0 radical (unpaired) electrons. The Bertz CT molecular complexity index is 594. The number of aromatic nitrogens is 2. The van der Waals surface area contributed by atoms with Gasteiger partial charge in [-0.05, 0) is 26.7 Å². The van der Waals surface area contributed by atoms with Gasteiger partial charge >= 0.3 is 0 Å². The molecule has 21 heavy (non-hydrogen) atoms. The summed E-state index contributed by atoms with van der Waals surface area (Å²) in [6.07, 6.45) is 1.65. The van der Waals surface area contributed by atoms with Gasteiger partial charge < -0.3 is 14.4 Å². The first-order chi connectivity index (χ1) is 9.99. The minimum Gasteiger partial charge on any atom is -0.361 e. The van der Waals surface area contributed by atoms with E-state index in [9.17, 15) is 4.79 Å². The molecule has 0 saturated carbocycles. The summed E-state index contributed by atoms with van der Waals surface area (Å²) < 4.78 is 10.2. The minimum absolute atomic E-state index is 0.204. The molecule has 6 nitrogen and oxygen atoms in total. The molecule has 1 amide bonds. The normalized spacial score (nSPS) is 11.1. The van der Waals surface area contributed by atoms with Crippen LogP contribution in [0.1, 0.15) is 59.5 Å². The summed E-state index contributed by atoms with van der Waals surface area (Å²) in [4.78, 5) is 11.9. The highest BCUT2D eigenvalue weighted by molar-refractivity contribution is 5.92. The fraction of sp³-hybridized carbons (Fsp3) is 0.533. The Morgan fingerprint density at radius 3 is 2.62 bits per heavy atom. The Hall–Kier alpha value is -2.11. The van der Waals surface area contributed by atoms with Gasteiger partial charge in [0, 0.05) is 24.1 Å². The van der Waals surface area contributed by atoms with E-state index in [1.807, 2.05) is 27.7 Å². The van der Waals surface area contributed by atoms with Crippen LogP contribution in [0.3, 0.4) is 0 Å². The SMILES string of the molecule is Cc1noc(C)c1CCCNC(=O)c1cc(C(C)C)on1. The number of rotatable bonds is 6. The molecule has 0 unspecified atom stereocenters. The highest BCUT2D eigenvalue weighted by Crippen LogP contribution is 2.15. The van der Waals surface area contributed by atoms with Crippen LogP contribution in [-0.4, -0.2) is 22.8 Å². The third-order valence-corrected chi connectivity index (χ3v) is 3.40.